The van der Waals surface area contributed by atoms with E-state index >= 15 is 0 Å². The van der Waals surface area contributed by atoms with Gasteiger partial charge in [0.15, 0.2) is 12.6 Å². The number of nitrogens with one attached hydrogen (secondary N) is 2. The van der Waals surface area contributed by atoms with E-state index < -0.39 is 86.3 Å². The predicted octanol–water partition coefficient (Wildman–Crippen LogP) is -4.33. The number of hydrogen-bond acceptors (Lipinski definition) is 11. The zero-order chi connectivity index (χ0) is 23.3. The van der Waals surface area contributed by atoms with Crippen molar-refractivity contribution in [1.82, 2.24) is 10.6 Å². The number of carbonyl (C=O) groups is 2. The molecule has 2 fully saturated rings. The van der Waals surface area contributed by atoms with Gasteiger partial charge in [0, 0.05) is 12.8 Å². The molecule has 13 heteroatoms. The molecule has 0 aliphatic carbocycles. The van der Waals surface area contributed by atoms with E-state index in [-0.39, 0.29) is 12.8 Å². The van der Waals surface area contributed by atoms with Crippen LogP contribution < -0.4 is 10.6 Å². The maximum Gasteiger partial charge on any atom is 0.220 e. The topological polar surface area (TPSA) is 207 Å². The molecule has 0 bridgehead atoms. The van der Waals surface area contributed by atoms with E-state index in [2.05, 4.69) is 10.6 Å². The summed E-state index contributed by atoms with van der Waals surface area (Å²) >= 11 is 0. The van der Waals surface area contributed by atoms with E-state index in [1.807, 2.05) is 0 Å². The molecule has 0 spiro atoms. The fraction of sp³-hybridized carbons (Fsp3) is 0.889. The number of aliphatic hydroxyl groups is 6. The number of hydrogen-bond donors (Lipinski definition) is 8. The lowest BCUT2D eigenvalue weighted by molar-refractivity contribution is -0.327. The Hall–Kier alpha value is -1.42. The van der Waals surface area contributed by atoms with Gasteiger partial charge in [-0.05, 0) is 0 Å². The lowest BCUT2D eigenvalue weighted by Gasteiger charge is -2.47. The fourth-order valence-corrected chi connectivity index (χ4v) is 3.49. The Morgan fingerprint density at radius 1 is 0.806 bits per heavy atom. The summed E-state index contributed by atoms with van der Waals surface area (Å²) in [7, 11) is 0. The number of aliphatic hydroxyl groups excluding tert-OH is 6. The minimum Gasteiger partial charge on any atom is -0.394 e. The highest BCUT2D eigenvalue weighted by Crippen LogP contribution is 2.28. The quantitative estimate of drug-likeness (QED) is 0.177. The molecule has 180 valence electrons. The van der Waals surface area contributed by atoms with Crippen LogP contribution in [0.1, 0.15) is 26.7 Å². The first-order chi connectivity index (χ1) is 14.7. The summed E-state index contributed by atoms with van der Waals surface area (Å²) in [4.78, 5) is 23.6. The first kappa shape index (κ1) is 25.8. The van der Waals surface area contributed by atoms with Crippen molar-refractivity contribution in [3.05, 3.63) is 0 Å². The molecule has 2 aliphatic heterocycles. The van der Waals surface area contributed by atoms with E-state index in [1.165, 1.54) is 0 Å². The molecule has 2 rings (SSSR count). The maximum atomic E-state index is 11.9. The van der Waals surface area contributed by atoms with Crippen LogP contribution in [0.5, 0.6) is 0 Å². The van der Waals surface area contributed by atoms with Crippen LogP contribution in [0.4, 0.5) is 0 Å². The maximum absolute atomic E-state index is 11.9. The molecule has 2 amide bonds. The minimum atomic E-state index is -1.64. The summed E-state index contributed by atoms with van der Waals surface area (Å²) in [5, 5.41) is 65.3. The Balaban J connectivity index is 2.27. The van der Waals surface area contributed by atoms with Crippen molar-refractivity contribution in [2.75, 3.05) is 13.2 Å². The number of ether oxygens (including phenoxy) is 3. The van der Waals surface area contributed by atoms with Crippen molar-refractivity contribution in [1.29, 1.82) is 0 Å². The van der Waals surface area contributed by atoms with Gasteiger partial charge < -0.3 is 55.5 Å². The molecule has 2 saturated heterocycles. The van der Waals surface area contributed by atoms with Gasteiger partial charge in [-0.1, -0.05) is 13.8 Å². The molecule has 10 atom stereocenters. The van der Waals surface area contributed by atoms with Gasteiger partial charge in [0.05, 0.1) is 13.2 Å². The van der Waals surface area contributed by atoms with Crippen LogP contribution in [0, 0.1) is 0 Å². The third kappa shape index (κ3) is 5.88. The second-order valence-corrected chi connectivity index (χ2v) is 7.44. The third-order valence-corrected chi connectivity index (χ3v) is 5.34. The van der Waals surface area contributed by atoms with Crippen LogP contribution >= 0.6 is 0 Å². The average molecular weight is 452 g/mol. The first-order valence-electron chi connectivity index (χ1n) is 10.2. The molecular formula is C18H32N2O11. The van der Waals surface area contributed by atoms with E-state index in [0.717, 1.165) is 0 Å². The van der Waals surface area contributed by atoms with Crippen molar-refractivity contribution in [3.63, 3.8) is 0 Å². The first-order valence-corrected chi connectivity index (χ1v) is 10.2. The van der Waals surface area contributed by atoms with Gasteiger partial charge >= 0.3 is 0 Å². The molecule has 31 heavy (non-hydrogen) atoms. The molecule has 0 aromatic rings. The molecule has 2 heterocycles. The van der Waals surface area contributed by atoms with E-state index in [0.29, 0.717) is 0 Å². The third-order valence-electron chi connectivity index (χ3n) is 5.34. The van der Waals surface area contributed by atoms with Crippen molar-refractivity contribution in [2.24, 2.45) is 0 Å². The lowest BCUT2D eigenvalue weighted by atomic mass is 9.94. The zero-order valence-corrected chi connectivity index (χ0v) is 17.3. The highest BCUT2D eigenvalue weighted by atomic mass is 16.7. The van der Waals surface area contributed by atoms with Crippen molar-refractivity contribution < 1.29 is 54.4 Å². The minimum absolute atomic E-state index is 0.0568. The summed E-state index contributed by atoms with van der Waals surface area (Å²) in [5.74, 6) is -0.965. The summed E-state index contributed by atoms with van der Waals surface area (Å²) in [6, 6.07) is -2.58. The van der Waals surface area contributed by atoms with Gasteiger partial charge in [0.1, 0.15) is 48.7 Å². The smallest absolute Gasteiger partial charge is 0.220 e. The molecule has 8 N–H and O–H groups in total. The standard InChI is InChI=1S/C18H32N2O11/c1-3-9(23)19-11-15(27)16(8(6-22)29-17(11)28)31-18-12(20-10(24)4-2)14(26)13(25)7(5-21)30-18/h7-8,11-18,21-22,25-28H,3-6H2,1-2H3,(H,19,23)(H,20,24). The Morgan fingerprint density at radius 3 is 1.87 bits per heavy atom. The summed E-state index contributed by atoms with van der Waals surface area (Å²) in [5.41, 5.74) is 0. The Kier molecular flexibility index (Phi) is 9.54. The Bertz CT molecular complexity index is 609. The van der Waals surface area contributed by atoms with Crippen LogP contribution in [0.25, 0.3) is 0 Å². The second-order valence-electron chi connectivity index (χ2n) is 7.44. The van der Waals surface area contributed by atoms with Crippen LogP contribution in [0.3, 0.4) is 0 Å². The molecule has 13 nitrogen and oxygen atoms in total. The van der Waals surface area contributed by atoms with Crippen LogP contribution in [0.2, 0.25) is 0 Å². The number of rotatable bonds is 8. The average Bonchev–Trinajstić information content (AvgIpc) is 2.76. The van der Waals surface area contributed by atoms with Gasteiger partial charge in [0.25, 0.3) is 0 Å². The van der Waals surface area contributed by atoms with Gasteiger partial charge in [-0.15, -0.1) is 0 Å². The largest absolute Gasteiger partial charge is 0.394 e. The summed E-state index contributed by atoms with van der Waals surface area (Å²) < 4.78 is 16.5. The van der Waals surface area contributed by atoms with Crippen molar-refractivity contribution >= 4 is 11.8 Å². The lowest BCUT2D eigenvalue weighted by Crippen LogP contribution is -2.69. The number of amides is 2. The van der Waals surface area contributed by atoms with Gasteiger partial charge in [-0.2, -0.15) is 0 Å². The summed E-state index contributed by atoms with van der Waals surface area (Å²) in [6.45, 7) is 1.78. The van der Waals surface area contributed by atoms with E-state index in [4.69, 9.17) is 14.2 Å². The fourth-order valence-electron chi connectivity index (χ4n) is 3.49. The van der Waals surface area contributed by atoms with Crippen LogP contribution in [-0.2, 0) is 23.8 Å². The van der Waals surface area contributed by atoms with Gasteiger partial charge in [0.2, 0.25) is 11.8 Å². The highest BCUT2D eigenvalue weighted by Gasteiger charge is 2.51. The molecule has 0 aromatic carbocycles. The molecular weight excluding hydrogens is 420 g/mol. The monoisotopic (exact) mass is 452 g/mol. The summed E-state index contributed by atoms with van der Waals surface area (Å²) in [6.07, 6.45) is -11.5. The van der Waals surface area contributed by atoms with Gasteiger partial charge in [-0.25, -0.2) is 0 Å². The molecule has 0 radical (unpaired) electrons. The van der Waals surface area contributed by atoms with Crippen molar-refractivity contribution in [2.45, 2.75) is 88.0 Å². The normalized spacial score (nSPS) is 40.9. The Morgan fingerprint density at radius 2 is 1.35 bits per heavy atom. The molecule has 0 saturated carbocycles. The second kappa shape index (κ2) is 11.4. The number of carbonyl (C=O) groups excluding carboxylic acids is 2. The van der Waals surface area contributed by atoms with Crippen molar-refractivity contribution in [3.8, 4) is 0 Å². The SMILES string of the molecule is CCC(=O)NC1C(O)OC(CO)C(OC2OC(CO)C(O)C(O)C2NC(=O)CC)C1O. The van der Waals surface area contributed by atoms with E-state index in [1.54, 1.807) is 13.8 Å². The molecule has 10 unspecified atom stereocenters. The molecule has 2 aliphatic rings. The van der Waals surface area contributed by atoms with Crippen LogP contribution in [-0.4, -0.2) is 117 Å². The van der Waals surface area contributed by atoms with E-state index in [9.17, 15) is 40.2 Å². The zero-order valence-electron chi connectivity index (χ0n) is 17.3. The van der Waals surface area contributed by atoms with Crippen LogP contribution in [0.15, 0.2) is 0 Å². The predicted molar refractivity (Wildman–Crippen MR) is 101 cm³/mol. The molecule has 0 aromatic heterocycles. The Labute approximate surface area is 178 Å². The van der Waals surface area contributed by atoms with Gasteiger partial charge in [-0.3, -0.25) is 9.59 Å². The highest BCUT2D eigenvalue weighted by molar-refractivity contribution is 5.76.